The van der Waals surface area contributed by atoms with E-state index in [1.165, 1.54) is 11.3 Å². The number of nitro benzene ring substituents is 1. The van der Waals surface area contributed by atoms with Gasteiger partial charge >= 0.3 is 5.76 Å². The van der Waals surface area contributed by atoms with Gasteiger partial charge in [0.1, 0.15) is 12.4 Å². The number of anilines is 1. The molecule has 1 N–H and O–H groups in total. The van der Waals surface area contributed by atoms with Crippen molar-refractivity contribution in [2.45, 2.75) is 6.54 Å². The van der Waals surface area contributed by atoms with Gasteiger partial charge < -0.3 is 5.32 Å². The molecular weight excluding hydrogens is 355 g/mol. The molecule has 128 valence electrons. The van der Waals surface area contributed by atoms with Crippen LogP contribution in [0, 0.1) is 15.9 Å². The fraction of sp³-hybridized carbons (Fsp3) is 0.0714. The van der Waals surface area contributed by atoms with Gasteiger partial charge in [-0.1, -0.05) is 11.2 Å². The SMILES string of the molecule is O=C(Cn1c(-c2cccs2)noc1=O)Nc1cc([N+](=O)[O-])ccc1F. The van der Waals surface area contributed by atoms with Crippen molar-refractivity contribution in [3.8, 4) is 10.7 Å². The number of benzene rings is 1. The number of carbonyl (C=O) groups excluding carboxylic acids is 1. The summed E-state index contributed by atoms with van der Waals surface area (Å²) >= 11 is 1.29. The average molecular weight is 364 g/mol. The maximum absolute atomic E-state index is 13.7. The smallest absolute Gasteiger partial charge is 0.322 e. The monoisotopic (exact) mass is 364 g/mol. The van der Waals surface area contributed by atoms with Gasteiger partial charge in [-0.25, -0.2) is 13.8 Å². The van der Waals surface area contributed by atoms with Gasteiger partial charge in [0.15, 0.2) is 5.82 Å². The number of hydrogen-bond acceptors (Lipinski definition) is 7. The molecule has 9 nitrogen and oxygen atoms in total. The van der Waals surface area contributed by atoms with Crippen LogP contribution < -0.4 is 11.1 Å². The number of nitrogens with zero attached hydrogens (tertiary/aromatic N) is 3. The molecule has 0 unspecified atom stereocenters. The van der Waals surface area contributed by atoms with Crippen LogP contribution in [0.25, 0.3) is 10.7 Å². The Labute approximate surface area is 142 Å². The third kappa shape index (κ3) is 3.45. The van der Waals surface area contributed by atoms with Gasteiger partial charge in [0.2, 0.25) is 5.91 Å². The van der Waals surface area contributed by atoms with E-state index in [2.05, 4.69) is 15.0 Å². The second kappa shape index (κ2) is 6.65. The third-order valence-electron chi connectivity index (χ3n) is 3.16. The van der Waals surface area contributed by atoms with Crippen LogP contribution in [0.15, 0.2) is 45.0 Å². The van der Waals surface area contributed by atoms with Gasteiger partial charge in [0.05, 0.1) is 15.5 Å². The van der Waals surface area contributed by atoms with Crippen molar-refractivity contribution >= 4 is 28.6 Å². The summed E-state index contributed by atoms with van der Waals surface area (Å²) in [6.45, 7) is -0.488. The summed E-state index contributed by atoms with van der Waals surface area (Å²) in [5, 5.41) is 18.3. The molecule has 0 saturated carbocycles. The van der Waals surface area contributed by atoms with Crippen molar-refractivity contribution in [2.24, 2.45) is 0 Å². The molecule has 11 heteroatoms. The number of aromatic nitrogens is 2. The van der Waals surface area contributed by atoms with Crippen LogP contribution in [0.1, 0.15) is 0 Å². The lowest BCUT2D eigenvalue weighted by atomic mass is 10.2. The number of hydrogen-bond donors (Lipinski definition) is 1. The maximum atomic E-state index is 13.7. The van der Waals surface area contributed by atoms with E-state index in [1.54, 1.807) is 17.5 Å². The first-order chi connectivity index (χ1) is 12.0. The second-order valence-electron chi connectivity index (χ2n) is 4.80. The zero-order chi connectivity index (χ0) is 18.0. The first kappa shape index (κ1) is 16.5. The highest BCUT2D eigenvalue weighted by Gasteiger charge is 2.18. The Morgan fingerprint density at radius 2 is 2.24 bits per heavy atom. The summed E-state index contributed by atoms with van der Waals surface area (Å²) in [5.41, 5.74) is -0.737. The molecule has 3 aromatic rings. The minimum absolute atomic E-state index is 0.162. The van der Waals surface area contributed by atoms with E-state index in [1.807, 2.05) is 0 Å². The van der Waals surface area contributed by atoms with Crippen LogP contribution in [0.3, 0.4) is 0 Å². The largest absolute Gasteiger partial charge is 0.442 e. The van der Waals surface area contributed by atoms with Crippen LogP contribution >= 0.6 is 11.3 Å². The van der Waals surface area contributed by atoms with Crippen molar-refractivity contribution in [2.75, 3.05) is 5.32 Å². The Bertz CT molecular complexity index is 995. The quantitative estimate of drug-likeness (QED) is 0.547. The van der Waals surface area contributed by atoms with E-state index in [0.717, 1.165) is 22.8 Å². The summed E-state index contributed by atoms with van der Waals surface area (Å²) in [6, 6.07) is 6.17. The number of rotatable bonds is 5. The molecule has 1 aromatic carbocycles. The van der Waals surface area contributed by atoms with Gasteiger partial charge in [-0.05, 0) is 17.5 Å². The second-order valence-corrected chi connectivity index (χ2v) is 5.75. The highest BCUT2D eigenvalue weighted by atomic mass is 32.1. The molecule has 0 aliphatic heterocycles. The fourth-order valence-electron chi connectivity index (χ4n) is 2.05. The number of non-ortho nitro benzene ring substituents is 1. The first-order valence-corrected chi connectivity index (χ1v) is 7.68. The lowest BCUT2D eigenvalue weighted by Crippen LogP contribution is -2.25. The predicted molar refractivity (Wildman–Crippen MR) is 85.8 cm³/mol. The van der Waals surface area contributed by atoms with Crippen LogP contribution in [-0.2, 0) is 11.3 Å². The summed E-state index contributed by atoms with van der Waals surface area (Å²) < 4.78 is 19.3. The van der Waals surface area contributed by atoms with Gasteiger partial charge in [-0.2, -0.15) is 0 Å². The molecule has 0 bridgehead atoms. The number of carbonyl (C=O) groups is 1. The van der Waals surface area contributed by atoms with Crippen LogP contribution in [0.2, 0.25) is 0 Å². The van der Waals surface area contributed by atoms with Gasteiger partial charge in [-0.3, -0.25) is 19.4 Å². The molecule has 2 heterocycles. The van der Waals surface area contributed by atoms with Crippen molar-refractivity contribution in [1.82, 2.24) is 9.72 Å². The Balaban J connectivity index is 1.83. The van der Waals surface area contributed by atoms with Crippen molar-refractivity contribution in [3.05, 3.63) is 62.2 Å². The summed E-state index contributed by atoms with van der Waals surface area (Å²) in [5.74, 6) is -2.29. The minimum atomic E-state index is -0.849. The number of thiophene rings is 1. The van der Waals surface area contributed by atoms with Gasteiger partial charge in [0.25, 0.3) is 5.69 Å². The Morgan fingerprint density at radius 1 is 1.44 bits per heavy atom. The lowest BCUT2D eigenvalue weighted by molar-refractivity contribution is -0.384. The van der Waals surface area contributed by atoms with E-state index < -0.39 is 28.9 Å². The molecule has 0 radical (unpaired) electrons. The molecule has 2 aromatic heterocycles. The minimum Gasteiger partial charge on any atom is -0.322 e. The maximum Gasteiger partial charge on any atom is 0.442 e. The van der Waals surface area contributed by atoms with Crippen LogP contribution in [0.4, 0.5) is 15.8 Å². The number of halogens is 1. The predicted octanol–water partition coefficient (Wildman–Crippen LogP) is 2.25. The number of nitrogens with one attached hydrogen (secondary N) is 1. The molecular formula is C14H9FN4O5S. The van der Waals surface area contributed by atoms with Gasteiger partial charge in [0, 0.05) is 12.1 Å². The Morgan fingerprint density at radius 3 is 2.92 bits per heavy atom. The third-order valence-corrected chi connectivity index (χ3v) is 4.03. The highest BCUT2D eigenvalue weighted by Crippen LogP contribution is 2.23. The fourth-order valence-corrected chi connectivity index (χ4v) is 2.76. The topological polar surface area (TPSA) is 120 Å². The molecule has 0 aliphatic carbocycles. The summed E-state index contributed by atoms with van der Waals surface area (Å²) in [4.78, 5) is 34.5. The highest BCUT2D eigenvalue weighted by molar-refractivity contribution is 7.13. The van der Waals surface area contributed by atoms with Crippen LogP contribution in [-0.4, -0.2) is 20.6 Å². The molecule has 1 amide bonds. The average Bonchev–Trinajstić information content (AvgIpc) is 3.20. The number of nitro groups is 1. The van der Waals surface area contributed by atoms with E-state index in [-0.39, 0.29) is 17.2 Å². The Hall–Kier alpha value is -3.34. The van der Waals surface area contributed by atoms with Crippen molar-refractivity contribution in [1.29, 1.82) is 0 Å². The Kier molecular flexibility index (Phi) is 4.39. The molecule has 0 saturated heterocycles. The molecule has 25 heavy (non-hydrogen) atoms. The van der Waals surface area contributed by atoms with E-state index in [0.29, 0.717) is 4.88 Å². The van der Waals surface area contributed by atoms with E-state index >= 15 is 0 Å². The van der Waals surface area contributed by atoms with E-state index in [4.69, 9.17) is 0 Å². The van der Waals surface area contributed by atoms with E-state index in [9.17, 15) is 24.1 Å². The van der Waals surface area contributed by atoms with Crippen molar-refractivity contribution < 1.29 is 18.6 Å². The molecule has 0 aliphatic rings. The van der Waals surface area contributed by atoms with Gasteiger partial charge in [-0.15, -0.1) is 11.3 Å². The summed E-state index contributed by atoms with van der Waals surface area (Å²) in [7, 11) is 0. The molecule has 0 atom stereocenters. The standard InChI is InChI=1S/C14H9FN4O5S/c15-9-4-3-8(19(22)23)6-10(9)16-12(20)7-18-13(17-24-14(18)21)11-2-1-5-25-11/h1-6H,7H2,(H,16,20). The van der Waals surface area contributed by atoms with Crippen LogP contribution in [0.5, 0.6) is 0 Å². The molecule has 3 rings (SSSR count). The lowest BCUT2D eigenvalue weighted by Gasteiger charge is -2.07. The zero-order valence-corrected chi connectivity index (χ0v) is 13.2. The normalized spacial score (nSPS) is 10.6. The number of amides is 1. The molecule has 0 spiro atoms. The van der Waals surface area contributed by atoms with Crippen molar-refractivity contribution in [3.63, 3.8) is 0 Å². The first-order valence-electron chi connectivity index (χ1n) is 6.80. The zero-order valence-electron chi connectivity index (χ0n) is 12.3. The molecule has 0 fully saturated rings. The summed E-state index contributed by atoms with van der Waals surface area (Å²) in [6.07, 6.45) is 0.